The molecule has 0 aromatic carbocycles. The molecule has 0 spiro atoms. The lowest BCUT2D eigenvalue weighted by Gasteiger charge is -2.41. The van der Waals surface area contributed by atoms with Crippen molar-refractivity contribution in [1.29, 1.82) is 0 Å². The highest BCUT2D eigenvalue weighted by Gasteiger charge is 2.46. The van der Waals surface area contributed by atoms with Gasteiger partial charge < -0.3 is 51.3 Å². The fraction of sp³-hybridized carbons (Fsp3) is 0.861. The van der Waals surface area contributed by atoms with Crippen LogP contribution in [-0.2, 0) is 34.8 Å². The summed E-state index contributed by atoms with van der Waals surface area (Å²) in [7, 11) is -13.8. The van der Waals surface area contributed by atoms with E-state index in [0.29, 0.717) is 50.0 Å². The molecule has 0 aliphatic carbocycles. The second-order valence-corrected chi connectivity index (χ2v) is 40.3. The predicted octanol–water partition coefficient (Wildman–Crippen LogP) is 8.33. The minimum atomic E-state index is -2.65. The zero-order valence-corrected chi connectivity index (χ0v) is 44.6. The van der Waals surface area contributed by atoms with Crippen molar-refractivity contribution in [2.24, 2.45) is 0 Å². The van der Waals surface area contributed by atoms with Gasteiger partial charge in [0.25, 0.3) is 0 Å². The number of rotatable bonds is 32. The Morgan fingerprint density at radius 2 is 0.946 bits per heavy atom. The molecule has 13 nitrogen and oxygen atoms in total. The Kier molecular flexibility index (Phi) is 26.8. The molecule has 0 radical (unpaired) electrons. The van der Waals surface area contributed by atoms with E-state index in [1.54, 1.807) is 6.92 Å². The van der Waals surface area contributed by atoms with Crippen LogP contribution in [0.3, 0.4) is 0 Å². The Morgan fingerprint density at radius 3 is 1.36 bits per heavy atom. The third-order valence-electron chi connectivity index (χ3n) is 9.56. The molecule has 0 aliphatic rings. The monoisotopic (exact) mass is 914 g/mol. The van der Waals surface area contributed by atoms with E-state index >= 15 is 0 Å². The molecule has 0 aliphatic heterocycles. The van der Waals surface area contributed by atoms with Crippen LogP contribution in [-0.4, -0.2) is 114 Å². The molecular formula is C36H82N4O9SSi6. The summed E-state index contributed by atoms with van der Waals surface area (Å²) in [6, 6.07) is 5.11. The molecule has 4 N–H and O–H groups in total. The maximum Gasteiger partial charge on any atom is 0.333 e. The number of amides is 2. The lowest BCUT2D eigenvalue weighted by Crippen LogP contribution is -2.56. The summed E-state index contributed by atoms with van der Waals surface area (Å²) in [4.78, 5) is 23.8. The standard InChI is InChI=1S/C36H82N4O9SSi6/c1-16-44-53(12,20-5)48-55(14,46-51(8,9)18-3)31-23-27-39-36(50)40-28-24-32-56(15,47-52(10,11)19-4)49-54(13,45-17-2)30-22-26-38-35(42)37-25-21-29-43-34(41)33(6)7/h6,16-32H2,1-5,7-15H3,(H2,37,38,42)(H2,39,40,50). The molecule has 56 heavy (non-hydrogen) atoms. The highest BCUT2D eigenvalue weighted by molar-refractivity contribution is 7.80. The maximum atomic E-state index is 12.3. The van der Waals surface area contributed by atoms with Crippen LogP contribution in [0, 0.1) is 0 Å². The van der Waals surface area contributed by atoms with Crippen molar-refractivity contribution in [3.63, 3.8) is 0 Å². The molecule has 20 heteroatoms. The van der Waals surface area contributed by atoms with Gasteiger partial charge in [-0.15, -0.1) is 0 Å². The lowest BCUT2D eigenvalue weighted by molar-refractivity contribution is -0.139. The zero-order chi connectivity index (χ0) is 43.1. The predicted molar refractivity (Wildman–Crippen MR) is 249 cm³/mol. The van der Waals surface area contributed by atoms with Crippen LogP contribution >= 0.6 is 12.2 Å². The largest absolute Gasteiger partial charge is 0.462 e. The Balaban J connectivity index is 5.16. The SMILES string of the molecule is C=C(C)C(=O)OCCCNC(=O)NCCC[Si](C)(OCC)O[Si](C)(CCCNC(=S)NCCC[Si](C)(O[Si](C)(C)CC)O[Si](C)(CC)OCC)O[Si](C)(C)CC. The van der Waals surface area contributed by atoms with Crippen LogP contribution in [0.2, 0.25) is 88.6 Å². The highest BCUT2D eigenvalue weighted by atomic mass is 32.1. The van der Waals surface area contributed by atoms with Gasteiger partial charge in [0.1, 0.15) is 0 Å². The Labute approximate surface area is 353 Å². The molecule has 0 fully saturated rings. The van der Waals surface area contributed by atoms with E-state index in [1.165, 1.54) is 0 Å². The number of esters is 1. The van der Waals surface area contributed by atoms with Gasteiger partial charge in [0.15, 0.2) is 21.7 Å². The number of thiocarbonyl (C=S) groups is 1. The van der Waals surface area contributed by atoms with E-state index in [0.717, 1.165) is 62.1 Å². The van der Waals surface area contributed by atoms with Crippen LogP contribution in [0.4, 0.5) is 4.79 Å². The van der Waals surface area contributed by atoms with Crippen LogP contribution in [0.25, 0.3) is 0 Å². The average molecular weight is 916 g/mol. The molecule has 0 saturated heterocycles. The number of ether oxygens (including phenoxy) is 1. The summed E-state index contributed by atoms with van der Waals surface area (Å²) in [5.74, 6) is -0.423. The third-order valence-corrected chi connectivity index (χ3v) is 34.9. The van der Waals surface area contributed by atoms with Gasteiger partial charge in [-0.3, -0.25) is 0 Å². The van der Waals surface area contributed by atoms with Crippen LogP contribution in [0.1, 0.15) is 67.2 Å². The second kappa shape index (κ2) is 27.2. The number of carbonyl (C=O) groups excluding carboxylic acids is 2. The van der Waals surface area contributed by atoms with E-state index in [-0.39, 0.29) is 12.6 Å². The summed E-state index contributed by atoms with van der Waals surface area (Å²) in [6.45, 7) is 37.3. The lowest BCUT2D eigenvalue weighted by atomic mass is 10.3. The van der Waals surface area contributed by atoms with Crippen molar-refractivity contribution in [1.82, 2.24) is 21.3 Å². The first-order valence-corrected chi connectivity index (χ1v) is 37.6. The molecule has 0 rings (SSSR count). The van der Waals surface area contributed by atoms with E-state index in [9.17, 15) is 9.59 Å². The summed E-state index contributed by atoms with van der Waals surface area (Å²) in [6.07, 6.45) is 3.00. The molecule has 0 saturated carbocycles. The van der Waals surface area contributed by atoms with Gasteiger partial charge in [-0.1, -0.05) is 27.4 Å². The van der Waals surface area contributed by atoms with Gasteiger partial charge in [0.2, 0.25) is 0 Å². The van der Waals surface area contributed by atoms with Crippen molar-refractivity contribution >= 4 is 80.2 Å². The Morgan fingerprint density at radius 1 is 0.554 bits per heavy atom. The fourth-order valence-electron chi connectivity index (χ4n) is 5.96. The van der Waals surface area contributed by atoms with Crippen molar-refractivity contribution in [3.05, 3.63) is 12.2 Å². The zero-order valence-electron chi connectivity index (χ0n) is 37.8. The molecule has 4 atom stereocenters. The summed E-state index contributed by atoms with van der Waals surface area (Å²) >= 11 is 5.68. The molecule has 4 unspecified atom stereocenters. The third kappa shape index (κ3) is 25.0. The van der Waals surface area contributed by atoms with Crippen molar-refractivity contribution < 1.29 is 39.6 Å². The van der Waals surface area contributed by atoms with E-state index in [1.807, 2.05) is 13.8 Å². The summed E-state index contributed by atoms with van der Waals surface area (Å²) < 4.78 is 45.3. The molecule has 0 bridgehead atoms. The van der Waals surface area contributed by atoms with Gasteiger partial charge in [0, 0.05) is 45.0 Å². The average Bonchev–Trinajstić information content (AvgIpc) is 3.09. The number of carbonyl (C=O) groups is 2. The van der Waals surface area contributed by atoms with Gasteiger partial charge in [-0.05, 0) is 147 Å². The molecule has 0 heterocycles. The molecule has 2 amide bonds. The molecule has 0 aromatic rings. The van der Waals surface area contributed by atoms with Gasteiger partial charge in [-0.2, -0.15) is 0 Å². The Hall–Kier alpha value is -0.769. The van der Waals surface area contributed by atoms with Crippen molar-refractivity contribution in [2.45, 2.75) is 156 Å². The molecular weight excluding hydrogens is 833 g/mol. The highest BCUT2D eigenvalue weighted by Crippen LogP contribution is 2.31. The van der Waals surface area contributed by atoms with Crippen molar-refractivity contribution in [2.75, 3.05) is 46.0 Å². The molecule has 330 valence electrons. The first kappa shape index (κ1) is 55.2. The van der Waals surface area contributed by atoms with Crippen LogP contribution in [0.15, 0.2) is 12.2 Å². The number of nitrogens with one attached hydrogen (secondary N) is 4. The number of urea groups is 1. The normalized spacial score (nSPS) is 16.4. The minimum Gasteiger partial charge on any atom is -0.462 e. The Bertz CT molecular complexity index is 1200. The quantitative estimate of drug-likeness (QED) is 0.0169. The molecule has 0 aromatic heterocycles. The number of hydrogen-bond acceptors (Lipinski definition) is 10. The summed E-state index contributed by atoms with van der Waals surface area (Å²) in [5, 5.41) is 13.2. The first-order valence-electron chi connectivity index (χ1n) is 20.9. The van der Waals surface area contributed by atoms with Crippen molar-refractivity contribution in [3.8, 4) is 0 Å². The van der Waals surface area contributed by atoms with E-state index in [4.69, 9.17) is 42.3 Å². The maximum absolute atomic E-state index is 12.3. The fourth-order valence-corrected chi connectivity index (χ4v) is 32.2. The van der Waals surface area contributed by atoms with E-state index < -0.39 is 56.8 Å². The topological polar surface area (TPSA) is 147 Å². The number of hydrogen-bond donors (Lipinski definition) is 4. The van der Waals surface area contributed by atoms with Gasteiger partial charge in [-0.25, -0.2) is 9.59 Å². The van der Waals surface area contributed by atoms with Crippen LogP contribution in [0.5, 0.6) is 0 Å². The summed E-state index contributed by atoms with van der Waals surface area (Å²) in [5.41, 5.74) is 0.356. The first-order chi connectivity index (χ1) is 26.0. The van der Waals surface area contributed by atoms with E-state index in [2.05, 4.69) is 101 Å². The van der Waals surface area contributed by atoms with Crippen LogP contribution < -0.4 is 21.3 Å². The second-order valence-electron chi connectivity index (χ2n) is 16.3. The minimum absolute atomic E-state index is 0.228. The van der Waals surface area contributed by atoms with Gasteiger partial charge in [0.05, 0.1) is 6.61 Å². The smallest absolute Gasteiger partial charge is 0.333 e. The van der Waals surface area contributed by atoms with Gasteiger partial charge >= 0.3 is 46.2 Å².